The quantitative estimate of drug-likeness (QED) is 0.275. The summed E-state index contributed by atoms with van der Waals surface area (Å²) in [4.78, 5) is 51.0. The Morgan fingerprint density at radius 3 is 1.73 bits per heavy atom. The van der Waals surface area contributed by atoms with Crippen molar-refractivity contribution < 1.29 is 42.9 Å². The molecule has 190 valence electrons. The van der Waals surface area contributed by atoms with Crippen molar-refractivity contribution in [3.8, 4) is 0 Å². The molecule has 1 aliphatic rings. The molecule has 0 amide bonds. The van der Waals surface area contributed by atoms with Crippen LogP contribution in [0.1, 0.15) is 72.1 Å². The second-order valence-corrected chi connectivity index (χ2v) is 8.29. The third-order valence-electron chi connectivity index (χ3n) is 4.80. The number of rotatable bonds is 14. The Morgan fingerprint density at radius 1 is 0.727 bits per heavy atom. The van der Waals surface area contributed by atoms with Crippen molar-refractivity contribution in [3.63, 3.8) is 0 Å². The maximum atomic E-state index is 12.4. The van der Waals surface area contributed by atoms with Gasteiger partial charge < -0.3 is 28.6 Å². The summed E-state index contributed by atoms with van der Waals surface area (Å²) in [7, 11) is 3.79. The number of carbonyl (C=O) groups is 4. The zero-order valence-electron chi connectivity index (χ0n) is 20.5. The van der Waals surface area contributed by atoms with Gasteiger partial charge in [0.1, 0.15) is 0 Å². The Hall–Kier alpha value is -2.20. The third kappa shape index (κ3) is 11.0. The molecule has 0 spiro atoms. The minimum atomic E-state index is -1.28. The van der Waals surface area contributed by atoms with Crippen LogP contribution in [-0.4, -0.2) is 80.6 Å². The predicted octanol–water partition coefficient (Wildman–Crippen LogP) is 2.36. The van der Waals surface area contributed by atoms with Crippen LogP contribution in [0.2, 0.25) is 0 Å². The molecule has 0 aromatic heterocycles. The smallest absolute Gasteiger partial charge is 0.308 e. The molecule has 0 radical (unpaired) electrons. The van der Waals surface area contributed by atoms with E-state index in [4.69, 9.17) is 23.7 Å². The van der Waals surface area contributed by atoms with Crippen LogP contribution in [0.15, 0.2) is 0 Å². The molecule has 1 rings (SSSR count). The Kier molecular flexibility index (Phi) is 13.6. The lowest BCUT2D eigenvalue weighted by Gasteiger charge is -2.40. The van der Waals surface area contributed by atoms with Gasteiger partial charge in [-0.2, -0.15) is 0 Å². The summed E-state index contributed by atoms with van der Waals surface area (Å²) >= 11 is 0. The first-order valence-corrected chi connectivity index (χ1v) is 11.8. The molecule has 10 nitrogen and oxygen atoms in total. The van der Waals surface area contributed by atoms with E-state index in [1.807, 2.05) is 39.8 Å². The molecule has 1 aliphatic heterocycles. The van der Waals surface area contributed by atoms with Gasteiger partial charge >= 0.3 is 23.9 Å². The Bertz CT molecular complexity index is 637. The zero-order chi connectivity index (χ0) is 24.8. The Labute approximate surface area is 196 Å². The highest BCUT2D eigenvalue weighted by atomic mass is 16.7. The number of carbonyl (C=O) groups excluding carboxylic acids is 4. The molecule has 0 aromatic carbocycles. The number of hydrogen-bond donors (Lipinski definition) is 0. The molecular formula is C23H39NO9. The van der Waals surface area contributed by atoms with Crippen LogP contribution < -0.4 is 0 Å². The normalized spacial score (nSPS) is 22.5. The monoisotopic (exact) mass is 473 g/mol. The molecular weight excluding hydrogens is 434 g/mol. The van der Waals surface area contributed by atoms with Gasteiger partial charge in [0.05, 0.1) is 6.61 Å². The highest BCUT2D eigenvalue weighted by molar-refractivity contribution is 5.72. The summed E-state index contributed by atoms with van der Waals surface area (Å²) in [6.45, 7) is 5.99. The maximum absolute atomic E-state index is 12.4. The lowest BCUT2D eigenvalue weighted by Crippen LogP contribution is -2.58. The van der Waals surface area contributed by atoms with Crippen LogP contribution in [0.25, 0.3) is 0 Å². The molecule has 1 fully saturated rings. The summed E-state index contributed by atoms with van der Waals surface area (Å²) in [5, 5.41) is 0. The molecule has 4 unspecified atom stereocenters. The molecule has 4 atom stereocenters. The minimum absolute atomic E-state index is 0.121. The summed E-state index contributed by atoms with van der Waals surface area (Å²) in [5.41, 5.74) is 0. The van der Waals surface area contributed by atoms with Gasteiger partial charge in [0.2, 0.25) is 12.4 Å². The van der Waals surface area contributed by atoms with Crippen molar-refractivity contribution >= 4 is 23.9 Å². The second-order valence-electron chi connectivity index (χ2n) is 8.29. The van der Waals surface area contributed by atoms with Crippen molar-refractivity contribution in [1.82, 2.24) is 4.90 Å². The lowest BCUT2D eigenvalue weighted by molar-refractivity contribution is -0.275. The molecule has 10 heteroatoms. The van der Waals surface area contributed by atoms with Gasteiger partial charge in [0.15, 0.2) is 12.2 Å². The van der Waals surface area contributed by atoms with Crippen molar-refractivity contribution in [2.24, 2.45) is 0 Å². The first-order chi connectivity index (χ1) is 15.7. The summed E-state index contributed by atoms with van der Waals surface area (Å²) in [5.74, 6) is -2.11. The van der Waals surface area contributed by atoms with Crippen LogP contribution in [0.3, 0.4) is 0 Å². The third-order valence-corrected chi connectivity index (χ3v) is 4.80. The van der Waals surface area contributed by atoms with Crippen LogP contribution in [0, 0.1) is 0 Å². The minimum Gasteiger partial charge on any atom is -0.456 e. The molecule has 0 N–H and O–H groups in total. The second kappa shape index (κ2) is 15.6. The molecule has 1 heterocycles. The van der Waals surface area contributed by atoms with E-state index in [1.165, 1.54) is 0 Å². The number of ether oxygens (including phenoxy) is 5. The molecule has 0 saturated carbocycles. The predicted molar refractivity (Wildman–Crippen MR) is 118 cm³/mol. The Balaban J connectivity index is 3.07. The fraction of sp³-hybridized carbons (Fsp3) is 0.826. The highest BCUT2D eigenvalue weighted by Crippen LogP contribution is 2.27. The highest BCUT2D eigenvalue weighted by Gasteiger charge is 2.49. The van der Waals surface area contributed by atoms with Gasteiger partial charge in [-0.3, -0.25) is 19.2 Å². The summed E-state index contributed by atoms with van der Waals surface area (Å²) in [6, 6.07) is 0. The molecule has 1 saturated heterocycles. The van der Waals surface area contributed by atoms with Crippen LogP contribution in [-0.2, 0) is 42.9 Å². The van der Waals surface area contributed by atoms with E-state index in [2.05, 4.69) is 0 Å². The van der Waals surface area contributed by atoms with Gasteiger partial charge in [0.25, 0.3) is 0 Å². The Morgan fingerprint density at radius 2 is 1.21 bits per heavy atom. The number of esters is 4. The molecule has 0 aliphatic carbocycles. The van der Waals surface area contributed by atoms with Gasteiger partial charge in [0, 0.05) is 25.7 Å². The van der Waals surface area contributed by atoms with Gasteiger partial charge in [-0.05, 0) is 46.3 Å². The average Bonchev–Trinajstić information content (AvgIpc) is 2.72. The molecule has 0 bridgehead atoms. The average molecular weight is 474 g/mol. The van der Waals surface area contributed by atoms with Gasteiger partial charge in [-0.15, -0.1) is 0 Å². The van der Waals surface area contributed by atoms with E-state index in [0.29, 0.717) is 32.2 Å². The van der Waals surface area contributed by atoms with E-state index in [0.717, 1.165) is 0 Å². The summed E-state index contributed by atoms with van der Waals surface area (Å²) in [6.07, 6.45) is -1.86. The topological polar surface area (TPSA) is 118 Å². The standard InChI is InChI=1S/C23H39NO9/c1-6-10-17(25)30-16-15-29-23(33-20(28)13-9-14-24(4)5)22(32-19(27)12-8-3)21(16)31-18(26)11-7-2/h16,21-23H,6-15H2,1-5H3. The SMILES string of the molecule is CCCC(=O)OC1COC(OC(=O)CCCN(C)C)C(OC(=O)CCC)C1OC(=O)CCC. The van der Waals surface area contributed by atoms with E-state index in [-0.39, 0.29) is 32.3 Å². The van der Waals surface area contributed by atoms with Crippen molar-refractivity contribution in [2.75, 3.05) is 27.2 Å². The number of hydrogen-bond acceptors (Lipinski definition) is 10. The van der Waals surface area contributed by atoms with Crippen LogP contribution >= 0.6 is 0 Å². The fourth-order valence-corrected chi connectivity index (χ4v) is 3.20. The molecule has 0 aromatic rings. The van der Waals surface area contributed by atoms with Gasteiger partial charge in [-0.25, -0.2) is 0 Å². The summed E-state index contributed by atoms with van der Waals surface area (Å²) < 4.78 is 27.6. The van der Waals surface area contributed by atoms with Crippen molar-refractivity contribution in [1.29, 1.82) is 0 Å². The van der Waals surface area contributed by atoms with Gasteiger partial charge in [-0.1, -0.05) is 20.8 Å². The molecule has 33 heavy (non-hydrogen) atoms. The van der Waals surface area contributed by atoms with Crippen LogP contribution in [0.5, 0.6) is 0 Å². The number of nitrogens with zero attached hydrogens (tertiary/aromatic N) is 1. The zero-order valence-corrected chi connectivity index (χ0v) is 20.5. The van der Waals surface area contributed by atoms with Crippen LogP contribution in [0.4, 0.5) is 0 Å². The van der Waals surface area contributed by atoms with Crippen molar-refractivity contribution in [3.05, 3.63) is 0 Å². The lowest BCUT2D eigenvalue weighted by atomic mass is 10.0. The fourth-order valence-electron chi connectivity index (χ4n) is 3.20. The van der Waals surface area contributed by atoms with E-state index >= 15 is 0 Å². The first kappa shape index (κ1) is 28.8. The first-order valence-electron chi connectivity index (χ1n) is 11.8. The maximum Gasteiger partial charge on any atom is 0.308 e. The van der Waals surface area contributed by atoms with Crippen molar-refractivity contribution in [2.45, 2.75) is 96.7 Å². The largest absolute Gasteiger partial charge is 0.456 e. The van der Waals surface area contributed by atoms with E-state index in [9.17, 15) is 19.2 Å². The van der Waals surface area contributed by atoms with E-state index < -0.39 is 48.5 Å². The van der Waals surface area contributed by atoms with E-state index in [1.54, 1.807) is 0 Å².